The normalized spacial score (nSPS) is 10.0. The number of aromatic nitrogens is 3. The fraction of sp³-hybridized carbons (Fsp3) is 0.250. The average Bonchev–Trinajstić information content (AvgIpc) is 2.47. The average molecular weight is 340 g/mol. The quantitative estimate of drug-likeness (QED) is 0.865. The lowest BCUT2D eigenvalue weighted by Crippen LogP contribution is -2.06. The van der Waals surface area contributed by atoms with E-state index in [9.17, 15) is 0 Å². The highest BCUT2D eigenvalue weighted by Gasteiger charge is 2.09. The molecular weight excluding hydrogens is 326 g/mol. The van der Waals surface area contributed by atoms with Crippen molar-refractivity contribution in [1.82, 2.24) is 15.0 Å². The molecule has 2 aromatic rings. The summed E-state index contributed by atoms with van der Waals surface area (Å²) >= 11 is 3.41. The molecule has 0 radical (unpaired) electrons. The van der Waals surface area contributed by atoms with Crippen molar-refractivity contribution in [3.63, 3.8) is 0 Å². The maximum atomic E-state index is 5.28. The van der Waals surface area contributed by atoms with Crippen LogP contribution in [0.3, 0.4) is 0 Å². The maximum Gasteiger partial charge on any atom is 0.322 e. The highest BCUT2D eigenvalue weighted by molar-refractivity contribution is 9.10. The minimum absolute atomic E-state index is 0.223. The van der Waals surface area contributed by atoms with Crippen LogP contribution in [0.25, 0.3) is 0 Å². The lowest BCUT2D eigenvalue weighted by atomic mass is 10.3. The van der Waals surface area contributed by atoms with E-state index in [2.05, 4.69) is 41.5 Å². The van der Waals surface area contributed by atoms with E-state index < -0.39 is 0 Å². The Labute approximate surface area is 124 Å². The molecule has 8 heteroatoms. The number of nitrogens with one attached hydrogen (secondary N) is 2. The molecule has 7 nitrogen and oxygen atoms in total. The minimum Gasteiger partial charge on any atom is -0.495 e. The zero-order valence-corrected chi connectivity index (χ0v) is 12.9. The minimum atomic E-state index is 0.223. The van der Waals surface area contributed by atoms with Crippen molar-refractivity contribution in [2.45, 2.75) is 0 Å². The molecule has 0 saturated carbocycles. The van der Waals surface area contributed by atoms with Crippen LogP contribution in [0.4, 0.5) is 17.6 Å². The fourth-order valence-corrected chi connectivity index (χ4v) is 1.87. The van der Waals surface area contributed by atoms with Gasteiger partial charge in [0.25, 0.3) is 0 Å². The Balaban J connectivity index is 2.36. The van der Waals surface area contributed by atoms with E-state index in [1.54, 1.807) is 14.2 Å². The third-order valence-corrected chi connectivity index (χ3v) is 2.92. The number of halogens is 1. The first-order valence-corrected chi connectivity index (χ1v) is 6.54. The largest absolute Gasteiger partial charge is 0.495 e. The van der Waals surface area contributed by atoms with E-state index >= 15 is 0 Å². The second-order valence-electron chi connectivity index (χ2n) is 3.69. The Morgan fingerprint density at radius 3 is 2.45 bits per heavy atom. The van der Waals surface area contributed by atoms with Crippen molar-refractivity contribution in [3.05, 3.63) is 22.7 Å². The van der Waals surface area contributed by atoms with Crippen LogP contribution in [0.1, 0.15) is 0 Å². The highest BCUT2D eigenvalue weighted by atomic mass is 79.9. The third-order valence-electron chi connectivity index (χ3n) is 2.43. The molecule has 0 bridgehead atoms. The summed E-state index contributed by atoms with van der Waals surface area (Å²) in [6.07, 6.45) is 0. The number of methoxy groups -OCH3 is 2. The van der Waals surface area contributed by atoms with E-state index in [0.717, 1.165) is 10.2 Å². The van der Waals surface area contributed by atoms with Gasteiger partial charge in [0.1, 0.15) is 5.75 Å². The number of nitrogens with zero attached hydrogens (tertiary/aromatic N) is 3. The van der Waals surface area contributed by atoms with Crippen molar-refractivity contribution in [2.75, 3.05) is 31.9 Å². The Morgan fingerprint density at radius 2 is 1.80 bits per heavy atom. The molecule has 0 aliphatic rings. The van der Waals surface area contributed by atoms with Crippen LogP contribution in [0.5, 0.6) is 11.8 Å². The second kappa shape index (κ2) is 6.38. The first kappa shape index (κ1) is 14.3. The standard InChI is InChI=1S/C12H14BrN5O2/c1-14-10-16-11(18-12(17-10)20-3)15-8-6-7(13)4-5-9(8)19-2/h4-6H,1-3H3,(H2,14,15,16,17,18). The third kappa shape index (κ3) is 3.27. The molecule has 2 rings (SSSR count). The Kier molecular flexibility index (Phi) is 4.57. The number of anilines is 3. The number of hydrogen-bond donors (Lipinski definition) is 2. The smallest absolute Gasteiger partial charge is 0.322 e. The van der Waals surface area contributed by atoms with Crippen LogP contribution in [-0.2, 0) is 0 Å². The predicted octanol–water partition coefficient (Wildman–Crippen LogP) is 2.44. The number of benzene rings is 1. The molecule has 0 fully saturated rings. The maximum absolute atomic E-state index is 5.28. The molecule has 0 spiro atoms. The van der Waals surface area contributed by atoms with E-state index in [1.165, 1.54) is 7.11 Å². The molecule has 1 aromatic heterocycles. The number of hydrogen-bond acceptors (Lipinski definition) is 7. The van der Waals surface area contributed by atoms with Crippen LogP contribution in [-0.4, -0.2) is 36.2 Å². The number of rotatable bonds is 5. The van der Waals surface area contributed by atoms with Gasteiger partial charge in [-0.15, -0.1) is 0 Å². The molecule has 0 amide bonds. The van der Waals surface area contributed by atoms with Crippen LogP contribution in [0.2, 0.25) is 0 Å². The van der Waals surface area contributed by atoms with Gasteiger partial charge in [-0.1, -0.05) is 15.9 Å². The Morgan fingerprint density at radius 1 is 1.05 bits per heavy atom. The monoisotopic (exact) mass is 339 g/mol. The van der Waals surface area contributed by atoms with Gasteiger partial charge in [0.15, 0.2) is 0 Å². The molecule has 0 aliphatic carbocycles. The molecule has 106 valence electrons. The summed E-state index contributed by atoms with van der Waals surface area (Å²) in [5, 5.41) is 5.92. The summed E-state index contributed by atoms with van der Waals surface area (Å²) in [5.74, 6) is 1.45. The molecule has 0 saturated heterocycles. The van der Waals surface area contributed by atoms with Crippen molar-refractivity contribution in [2.24, 2.45) is 0 Å². The van der Waals surface area contributed by atoms with Crippen LogP contribution < -0.4 is 20.1 Å². The SMILES string of the molecule is CNc1nc(Nc2cc(Br)ccc2OC)nc(OC)n1. The lowest BCUT2D eigenvalue weighted by molar-refractivity contribution is 0.379. The zero-order valence-electron chi connectivity index (χ0n) is 11.3. The summed E-state index contributed by atoms with van der Waals surface area (Å²) in [4.78, 5) is 12.4. The van der Waals surface area contributed by atoms with Gasteiger partial charge in [-0.3, -0.25) is 0 Å². The van der Waals surface area contributed by atoms with Gasteiger partial charge < -0.3 is 20.1 Å². The van der Waals surface area contributed by atoms with Crippen LogP contribution >= 0.6 is 15.9 Å². The summed E-state index contributed by atoms with van der Waals surface area (Å²) in [6.45, 7) is 0. The van der Waals surface area contributed by atoms with Gasteiger partial charge in [-0.05, 0) is 18.2 Å². The Hall–Kier alpha value is -2.09. The van der Waals surface area contributed by atoms with Gasteiger partial charge in [-0.2, -0.15) is 15.0 Å². The molecule has 1 aromatic carbocycles. The highest BCUT2D eigenvalue weighted by Crippen LogP contribution is 2.30. The Bertz CT molecular complexity index is 586. The van der Waals surface area contributed by atoms with Gasteiger partial charge in [0.2, 0.25) is 11.9 Å². The van der Waals surface area contributed by atoms with Gasteiger partial charge >= 0.3 is 6.01 Å². The molecule has 0 aliphatic heterocycles. The van der Waals surface area contributed by atoms with Crippen LogP contribution in [0.15, 0.2) is 22.7 Å². The molecule has 1 heterocycles. The van der Waals surface area contributed by atoms with Crippen molar-refractivity contribution < 1.29 is 9.47 Å². The first-order chi connectivity index (χ1) is 9.66. The first-order valence-electron chi connectivity index (χ1n) is 5.74. The molecule has 0 unspecified atom stereocenters. The fourth-order valence-electron chi connectivity index (χ4n) is 1.51. The van der Waals surface area contributed by atoms with Gasteiger partial charge in [0, 0.05) is 11.5 Å². The number of ether oxygens (including phenoxy) is 2. The van der Waals surface area contributed by atoms with E-state index in [-0.39, 0.29) is 6.01 Å². The van der Waals surface area contributed by atoms with E-state index in [0.29, 0.717) is 17.6 Å². The molecule has 2 N–H and O–H groups in total. The molecule has 20 heavy (non-hydrogen) atoms. The lowest BCUT2D eigenvalue weighted by Gasteiger charge is -2.11. The summed E-state index contributed by atoms with van der Waals surface area (Å²) < 4.78 is 11.2. The van der Waals surface area contributed by atoms with Crippen molar-refractivity contribution in [3.8, 4) is 11.8 Å². The summed E-state index contributed by atoms with van der Waals surface area (Å²) in [6, 6.07) is 5.82. The summed E-state index contributed by atoms with van der Waals surface area (Å²) in [5.41, 5.74) is 0.734. The van der Waals surface area contributed by atoms with Gasteiger partial charge in [0.05, 0.1) is 19.9 Å². The van der Waals surface area contributed by atoms with E-state index in [1.807, 2.05) is 18.2 Å². The molecular formula is C12H14BrN5O2. The second-order valence-corrected chi connectivity index (χ2v) is 4.60. The van der Waals surface area contributed by atoms with Crippen LogP contribution in [0, 0.1) is 0 Å². The van der Waals surface area contributed by atoms with Gasteiger partial charge in [-0.25, -0.2) is 0 Å². The topological polar surface area (TPSA) is 81.2 Å². The summed E-state index contributed by atoms with van der Waals surface area (Å²) in [7, 11) is 4.82. The van der Waals surface area contributed by atoms with Crippen molar-refractivity contribution >= 4 is 33.5 Å². The zero-order chi connectivity index (χ0) is 14.5. The predicted molar refractivity (Wildman–Crippen MR) is 79.9 cm³/mol. The van der Waals surface area contributed by atoms with E-state index in [4.69, 9.17) is 9.47 Å². The molecule has 0 atom stereocenters. The van der Waals surface area contributed by atoms with Crippen molar-refractivity contribution in [1.29, 1.82) is 0 Å².